The van der Waals surface area contributed by atoms with E-state index in [4.69, 9.17) is 16.0 Å². The van der Waals surface area contributed by atoms with Crippen molar-refractivity contribution in [1.82, 2.24) is 0 Å². The highest BCUT2D eigenvalue weighted by Crippen LogP contribution is 2.30. The molecule has 0 fully saturated rings. The molecule has 0 radical (unpaired) electrons. The summed E-state index contributed by atoms with van der Waals surface area (Å²) in [6.07, 6.45) is 1.03. The summed E-state index contributed by atoms with van der Waals surface area (Å²) < 4.78 is 71.9. The minimum atomic E-state index is -2.24. The number of anilines is 1. The third kappa shape index (κ3) is 3.52. The van der Waals surface area contributed by atoms with E-state index in [2.05, 4.69) is 5.10 Å². The first-order chi connectivity index (χ1) is 12.8. The minimum Gasteiger partial charge on any atom is -0.455 e. The van der Waals surface area contributed by atoms with E-state index in [1.54, 1.807) is 36.6 Å². The molecule has 3 rings (SSSR count). The van der Waals surface area contributed by atoms with Crippen molar-refractivity contribution >= 4 is 23.5 Å². The normalized spacial score (nSPS) is 11.4. The molecule has 0 aliphatic carbocycles. The first-order valence-corrected chi connectivity index (χ1v) is 7.85. The molecule has 0 bridgehead atoms. The lowest BCUT2D eigenvalue weighted by atomic mass is 10.1. The van der Waals surface area contributed by atoms with E-state index in [9.17, 15) is 22.0 Å². The van der Waals surface area contributed by atoms with E-state index >= 15 is 0 Å². The van der Waals surface area contributed by atoms with Gasteiger partial charge in [0.05, 0.1) is 6.21 Å². The maximum Gasteiger partial charge on any atom is 0.200 e. The number of hydrogen-bond donors (Lipinski definition) is 1. The summed E-state index contributed by atoms with van der Waals surface area (Å²) in [6.45, 7) is 1.80. The highest BCUT2D eigenvalue weighted by molar-refractivity contribution is 6.31. The van der Waals surface area contributed by atoms with Gasteiger partial charge in [0, 0.05) is 10.6 Å². The lowest BCUT2D eigenvalue weighted by Crippen LogP contribution is -2.06. The molecule has 1 N–H and O–H groups in total. The Morgan fingerprint density at radius 2 is 1.56 bits per heavy atom. The number of nitrogens with zero attached hydrogens (tertiary/aromatic N) is 1. The Morgan fingerprint density at radius 3 is 2.22 bits per heavy atom. The van der Waals surface area contributed by atoms with Crippen LogP contribution in [0.2, 0.25) is 5.02 Å². The van der Waals surface area contributed by atoms with E-state index in [1.807, 2.05) is 0 Å². The maximum absolute atomic E-state index is 13.5. The van der Waals surface area contributed by atoms with Crippen molar-refractivity contribution in [2.75, 3.05) is 5.43 Å². The van der Waals surface area contributed by atoms with Crippen LogP contribution in [-0.4, -0.2) is 6.21 Å². The number of halogens is 6. The van der Waals surface area contributed by atoms with Crippen LogP contribution in [0.25, 0.3) is 11.3 Å². The zero-order chi connectivity index (χ0) is 19.7. The maximum atomic E-state index is 13.5. The molecule has 0 unspecified atom stereocenters. The monoisotopic (exact) mass is 400 g/mol. The van der Waals surface area contributed by atoms with Gasteiger partial charge in [0.25, 0.3) is 0 Å². The van der Waals surface area contributed by atoms with Gasteiger partial charge < -0.3 is 4.42 Å². The van der Waals surface area contributed by atoms with E-state index in [0.717, 1.165) is 17.3 Å². The number of rotatable bonds is 4. The SMILES string of the molecule is Cc1c(Cl)cccc1-c1ccc(C=NNc2c(F)c(F)c(F)c(F)c2F)o1. The molecule has 140 valence electrons. The summed E-state index contributed by atoms with van der Waals surface area (Å²) in [5.74, 6) is -9.76. The molecule has 0 aliphatic heterocycles. The number of furan rings is 1. The van der Waals surface area contributed by atoms with Gasteiger partial charge in [0.1, 0.15) is 17.2 Å². The fourth-order valence-corrected chi connectivity index (χ4v) is 2.48. The first-order valence-electron chi connectivity index (χ1n) is 7.47. The van der Waals surface area contributed by atoms with Gasteiger partial charge in [-0.2, -0.15) is 5.10 Å². The molecule has 0 spiro atoms. The van der Waals surface area contributed by atoms with Crippen LogP contribution in [0.4, 0.5) is 27.6 Å². The average Bonchev–Trinajstić information content (AvgIpc) is 3.12. The molecule has 1 heterocycles. The molecule has 3 aromatic rings. The fourth-order valence-electron chi connectivity index (χ4n) is 2.30. The summed E-state index contributed by atoms with van der Waals surface area (Å²) in [5.41, 5.74) is 2.06. The van der Waals surface area contributed by atoms with Crippen molar-refractivity contribution in [3.05, 3.63) is 75.8 Å². The van der Waals surface area contributed by atoms with Crippen LogP contribution in [0.3, 0.4) is 0 Å². The second kappa shape index (κ2) is 7.40. The molecule has 9 heteroatoms. The number of nitrogens with one attached hydrogen (secondary N) is 1. The lowest BCUT2D eigenvalue weighted by Gasteiger charge is -2.06. The molecule has 0 aliphatic rings. The molecular weight excluding hydrogens is 391 g/mol. The summed E-state index contributed by atoms with van der Waals surface area (Å²) >= 11 is 6.05. The molecule has 1 aromatic heterocycles. The van der Waals surface area contributed by atoms with Gasteiger partial charge in [0.15, 0.2) is 23.3 Å². The quantitative estimate of drug-likeness (QED) is 0.190. The summed E-state index contributed by atoms with van der Waals surface area (Å²) in [5, 5.41) is 4.01. The van der Waals surface area contributed by atoms with Crippen molar-refractivity contribution in [1.29, 1.82) is 0 Å². The number of hydrazone groups is 1. The summed E-state index contributed by atoms with van der Waals surface area (Å²) in [6, 6.07) is 8.39. The van der Waals surface area contributed by atoms with Crippen LogP contribution in [0.5, 0.6) is 0 Å². The van der Waals surface area contributed by atoms with E-state index in [-0.39, 0.29) is 5.76 Å². The molecular formula is C18H10ClF5N2O. The molecule has 2 aromatic carbocycles. The topological polar surface area (TPSA) is 37.5 Å². The largest absolute Gasteiger partial charge is 0.455 e. The smallest absolute Gasteiger partial charge is 0.200 e. The van der Waals surface area contributed by atoms with Crippen LogP contribution >= 0.6 is 11.6 Å². The second-order valence-corrected chi connectivity index (χ2v) is 5.84. The Bertz CT molecular complexity index is 1020. The average molecular weight is 401 g/mol. The Kier molecular flexibility index (Phi) is 5.18. The van der Waals surface area contributed by atoms with Crippen LogP contribution in [-0.2, 0) is 0 Å². The molecule has 0 saturated carbocycles. The lowest BCUT2D eigenvalue weighted by molar-refractivity contribution is 0.381. The predicted molar refractivity (Wildman–Crippen MR) is 91.3 cm³/mol. The molecule has 0 amide bonds. The Hall–Kier alpha value is -2.87. The first kappa shape index (κ1) is 18.9. The number of benzene rings is 2. The predicted octanol–water partition coefficient (Wildman–Crippen LogP) is 6.05. The molecule has 0 atom stereocenters. The Morgan fingerprint density at radius 1 is 0.926 bits per heavy atom. The van der Waals surface area contributed by atoms with E-state index in [1.165, 1.54) is 6.07 Å². The van der Waals surface area contributed by atoms with Gasteiger partial charge in [-0.1, -0.05) is 23.7 Å². The van der Waals surface area contributed by atoms with Crippen LogP contribution in [0.1, 0.15) is 11.3 Å². The third-order valence-corrected chi connectivity index (χ3v) is 4.15. The second-order valence-electron chi connectivity index (χ2n) is 5.43. The van der Waals surface area contributed by atoms with E-state index < -0.39 is 34.8 Å². The zero-order valence-electron chi connectivity index (χ0n) is 13.6. The van der Waals surface area contributed by atoms with Gasteiger partial charge in [-0.3, -0.25) is 5.43 Å². The zero-order valence-corrected chi connectivity index (χ0v) is 14.3. The van der Waals surface area contributed by atoms with Crippen LogP contribution in [0, 0.1) is 36.0 Å². The summed E-state index contributed by atoms with van der Waals surface area (Å²) in [7, 11) is 0. The fraction of sp³-hybridized carbons (Fsp3) is 0.0556. The summed E-state index contributed by atoms with van der Waals surface area (Å²) in [4.78, 5) is 0. The standard InChI is InChI=1S/C18H10ClF5N2O/c1-8-10(3-2-4-11(8)19)12-6-5-9(27-12)7-25-26-18-16(23)14(21)13(20)15(22)17(18)24/h2-7,26H,1H3. The van der Waals surface area contributed by atoms with Gasteiger partial charge in [0.2, 0.25) is 5.82 Å². The van der Waals surface area contributed by atoms with Crippen molar-refractivity contribution < 1.29 is 26.4 Å². The van der Waals surface area contributed by atoms with Crippen LogP contribution < -0.4 is 5.43 Å². The molecule has 3 nitrogen and oxygen atoms in total. The molecule has 0 saturated heterocycles. The van der Waals surface area contributed by atoms with Gasteiger partial charge in [-0.05, 0) is 30.7 Å². The number of hydrogen-bond acceptors (Lipinski definition) is 3. The third-order valence-electron chi connectivity index (χ3n) is 3.74. The van der Waals surface area contributed by atoms with Crippen molar-refractivity contribution in [3.63, 3.8) is 0 Å². The van der Waals surface area contributed by atoms with Crippen molar-refractivity contribution in [3.8, 4) is 11.3 Å². The minimum absolute atomic E-state index is 0.181. The molecule has 27 heavy (non-hydrogen) atoms. The van der Waals surface area contributed by atoms with Gasteiger partial charge >= 0.3 is 0 Å². The highest BCUT2D eigenvalue weighted by Gasteiger charge is 2.25. The Labute approximate surface area is 155 Å². The van der Waals surface area contributed by atoms with Gasteiger partial charge in [-0.25, -0.2) is 22.0 Å². The van der Waals surface area contributed by atoms with Gasteiger partial charge in [-0.15, -0.1) is 0 Å². The van der Waals surface area contributed by atoms with Crippen molar-refractivity contribution in [2.45, 2.75) is 6.92 Å². The Balaban J connectivity index is 1.83. The van der Waals surface area contributed by atoms with Crippen LogP contribution in [0.15, 0.2) is 39.9 Å². The van der Waals surface area contributed by atoms with Crippen molar-refractivity contribution in [2.24, 2.45) is 5.10 Å². The van der Waals surface area contributed by atoms with E-state index in [0.29, 0.717) is 10.8 Å². The highest BCUT2D eigenvalue weighted by atomic mass is 35.5.